The van der Waals surface area contributed by atoms with Crippen LogP contribution >= 0.6 is 11.3 Å². The zero-order valence-electron chi connectivity index (χ0n) is 19.3. The van der Waals surface area contributed by atoms with Crippen LogP contribution in [0.1, 0.15) is 31.3 Å². The maximum Gasteiger partial charge on any atom is 0.178 e. The molecule has 0 saturated heterocycles. The molecule has 5 aromatic rings. The van der Waals surface area contributed by atoms with E-state index in [9.17, 15) is 0 Å². The van der Waals surface area contributed by atoms with Crippen LogP contribution in [0, 0.1) is 0 Å². The molecule has 0 aromatic carbocycles. The highest BCUT2D eigenvalue weighted by molar-refractivity contribution is 7.16. The fourth-order valence-corrected chi connectivity index (χ4v) is 4.96. The number of nitrogens with zero attached hydrogens (tertiary/aromatic N) is 4. The van der Waals surface area contributed by atoms with E-state index >= 15 is 0 Å². The van der Waals surface area contributed by atoms with Crippen molar-refractivity contribution in [2.75, 3.05) is 0 Å². The molecule has 0 aliphatic heterocycles. The number of rotatable bonds is 6. The Morgan fingerprint density at radius 3 is 2.68 bits per heavy atom. The smallest absolute Gasteiger partial charge is 0.178 e. The molecule has 5 heterocycles. The van der Waals surface area contributed by atoms with Crippen molar-refractivity contribution >= 4 is 44.7 Å². The third-order valence-electron chi connectivity index (χ3n) is 5.67. The van der Waals surface area contributed by atoms with Crippen molar-refractivity contribution in [3.63, 3.8) is 0 Å². The van der Waals surface area contributed by atoms with Crippen molar-refractivity contribution in [3.05, 3.63) is 84.1 Å². The summed E-state index contributed by atoms with van der Waals surface area (Å²) in [5.41, 5.74) is 8.89. The van der Waals surface area contributed by atoms with E-state index in [1.165, 1.54) is 0 Å². The first-order valence-electron chi connectivity index (χ1n) is 10.9. The summed E-state index contributed by atoms with van der Waals surface area (Å²) in [5, 5.41) is 7.61. The molecule has 0 aliphatic rings. The van der Waals surface area contributed by atoms with E-state index in [-0.39, 0.29) is 0 Å². The predicted molar refractivity (Wildman–Crippen MR) is 142 cm³/mol. The van der Waals surface area contributed by atoms with Crippen molar-refractivity contribution in [1.29, 1.82) is 0 Å². The highest BCUT2D eigenvalue weighted by Gasteiger charge is 2.18. The first kappa shape index (κ1) is 21.7. The fraction of sp³-hybridized carbons (Fsp3) is 0.111. The van der Waals surface area contributed by atoms with Crippen LogP contribution in [0.25, 0.3) is 55.3 Å². The molecule has 34 heavy (non-hydrogen) atoms. The van der Waals surface area contributed by atoms with E-state index in [1.54, 1.807) is 23.6 Å². The fourth-order valence-electron chi connectivity index (χ4n) is 4.00. The van der Waals surface area contributed by atoms with Crippen LogP contribution in [0.2, 0.25) is 0 Å². The molecular weight excluding hydrogens is 440 g/mol. The first-order chi connectivity index (χ1) is 16.5. The zero-order valence-corrected chi connectivity index (χ0v) is 20.1. The van der Waals surface area contributed by atoms with Crippen molar-refractivity contribution in [2.45, 2.75) is 20.8 Å². The second kappa shape index (κ2) is 8.68. The largest absolute Gasteiger partial charge is 0.335 e. The predicted octanol–water partition coefficient (Wildman–Crippen LogP) is 7.19. The number of aromatic nitrogens is 6. The third kappa shape index (κ3) is 3.70. The quantitative estimate of drug-likeness (QED) is 0.260. The van der Waals surface area contributed by atoms with Gasteiger partial charge in [-0.3, -0.25) is 5.10 Å². The Morgan fingerprint density at radius 1 is 1.09 bits per heavy atom. The number of hydrogen-bond donors (Lipinski definition) is 2. The van der Waals surface area contributed by atoms with E-state index in [4.69, 9.17) is 9.97 Å². The van der Waals surface area contributed by atoms with Gasteiger partial charge in [-0.2, -0.15) is 5.10 Å². The molecule has 0 atom stereocenters. The minimum atomic E-state index is 0.628. The number of fused-ring (bicyclic) bond motifs is 2. The summed E-state index contributed by atoms with van der Waals surface area (Å²) in [7, 11) is 0. The normalized spacial score (nSPS) is 12.6. The van der Waals surface area contributed by atoms with Crippen molar-refractivity contribution in [1.82, 2.24) is 30.1 Å². The standard InChI is InChI=1S/C27H24N6S/c1-6-8-16(5)17(7-2)19-9-10-20-24(29-19)25(33-32-20)27-30-23-18(13-14-28-26(23)31-27)22-12-11-21(34-22)15(3)4/h6-14H,1,3H2,2,4-5H3,(H,32,33)(H,28,30,31)/b16-8-,17-7+. The van der Waals surface area contributed by atoms with Gasteiger partial charge in [0.2, 0.25) is 0 Å². The molecule has 7 heteroatoms. The average molecular weight is 465 g/mol. The molecular formula is C27H24N6S. The summed E-state index contributed by atoms with van der Waals surface area (Å²) in [4.78, 5) is 19.9. The SMILES string of the molecule is C=C/C=C(C)\C(=C/C)c1ccc2[nH]nc(-c3nc4nccc(-c5ccc(C(=C)C)s5)c4[nH]3)c2n1. The molecule has 0 saturated carbocycles. The number of pyridine rings is 2. The Bertz CT molecular complexity index is 1630. The van der Waals surface area contributed by atoms with Gasteiger partial charge in [0.1, 0.15) is 5.52 Å². The minimum Gasteiger partial charge on any atom is -0.335 e. The van der Waals surface area contributed by atoms with Gasteiger partial charge in [-0.25, -0.2) is 15.0 Å². The molecule has 0 amide bonds. The van der Waals surface area contributed by atoms with Crippen LogP contribution in [-0.4, -0.2) is 30.1 Å². The summed E-state index contributed by atoms with van der Waals surface area (Å²) in [6.07, 6.45) is 7.61. The van der Waals surface area contributed by atoms with Crippen LogP contribution in [0.15, 0.2) is 73.5 Å². The van der Waals surface area contributed by atoms with Crippen LogP contribution in [0.3, 0.4) is 0 Å². The highest BCUT2D eigenvalue weighted by atomic mass is 32.1. The van der Waals surface area contributed by atoms with Crippen molar-refractivity contribution in [3.8, 4) is 22.0 Å². The van der Waals surface area contributed by atoms with Gasteiger partial charge >= 0.3 is 0 Å². The Kier molecular flexibility index (Phi) is 5.55. The van der Waals surface area contributed by atoms with Crippen LogP contribution < -0.4 is 0 Å². The molecule has 0 radical (unpaired) electrons. The van der Waals surface area contributed by atoms with Gasteiger partial charge in [0.05, 0.1) is 16.7 Å². The van der Waals surface area contributed by atoms with E-state index in [1.807, 2.05) is 38.1 Å². The van der Waals surface area contributed by atoms with Crippen LogP contribution in [-0.2, 0) is 0 Å². The number of nitrogens with one attached hydrogen (secondary N) is 2. The lowest BCUT2D eigenvalue weighted by molar-refractivity contribution is 1.10. The number of aromatic amines is 2. The van der Waals surface area contributed by atoms with Gasteiger partial charge in [-0.05, 0) is 67.8 Å². The molecule has 0 spiro atoms. The summed E-state index contributed by atoms with van der Waals surface area (Å²) in [6.45, 7) is 13.9. The van der Waals surface area contributed by atoms with Crippen LogP contribution in [0.5, 0.6) is 0 Å². The maximum absolute atomic E-state index is 4.93. The Hall–Kier alpha value is -4.10. The van der Waals surface area contributed by atoms with Crippen molar-refractivity contribution in [2.24, 2.45) is 0 Å². The lowest BCUT2D eigenvalue weighted by Crippen LogP contribution is -1.92. The average Bonchev–Trinajstić information content (AvgIpc) is 3.56. The Morgan fingerprint density at radius 2 is 1.94 bits per heavy atom. The summed E-state index contributed by atoms with van der Waals surface area (Å²) >= 11 is 1.70. The maximum atomic E-state index is 4.93. The van der Waals surface area contributed by atoms with E-state index in [0.29, 0.717) is 17.2 Å². The summed E-state index contributed by atoms with van der Waals surface area (Å²) < 4.78 is 0. The first-order valence-corrected chi connectivity index (χ1v) is 11.7. The number of allylic oxidation sites excluding steroid dienone is 6. The molecule has 5 aromatic heterocycles. The summed E-state index contributed by atoms with van der Waals surface area (Å²) in [6, 6.07) is 10.2. The van der Waals surface area contributed by atoms with Gasteiger partial charge in [0.25, 0.3) is 0 Å². The molecule has 6 nitrogen and oxygen atoms in total. The van der Waals surface area contributed by atoms with Crippen LogP contribution in [0.4, 0.5) is 0 Å². The molecule has 0 aliphatic carbocycles. The van der Waals surface area contributed by atoms with E-state index in [0.717, 1.165) is 54.3 Å². The molecule has 0 unspecified atom stereocenters. The summed E-state index contributed by atoms with van der Waals surface area (Å²) in [5.74, 6) is 0.628. The van der Waals surface area contributed by atoms with E-state index < -0.39 is 0 Å². The molecule has 2 N–H and O–H groups in total. The molecule has 168 valence electrons. The molecule has 5 rings (SSSR count). The lowest BCUT2D eigenvalue weighted by Gasteiger charge is -2.07. The van der Waals surface area contributed by atoms with E-state index in [2.05, 4.69) is 58.5 Å². The molecule has 0 bridgehead atoms. The zero-order chi connectivity index (χ0) is 23.8. The molecule has 0 fully saturated rings. The van der Waals surface area contributed by atoms with Gasteiger partial charge in [-0.15, -0.1) is 11.3 Å². The Labute approximate surface area is 201 Å². The number of hydrogen-bond acceptors (Lipinski definition) is 5. The monoisotopic (exact) mass is 464 g/mol. The lowest BCUT2D eigenvalue weighted by atomic mass is 10.0. The highest BCUT2D eigenvalue weighted by Crippen LogP contribution is 2.35. The second-order valence-corrected chi connectivity index (χ2v) is 9.12. The topological polar surface area (TPSA) is 83.1 Å². The van der Waals surface area contributed by atoms with Gasteiger partial charge < -0.3 is 4.98 Å². The third-order valence-corrected chi connectivity index (χ3v) is 6.95. The van der Waals surface area contributed by atoms with Gasteiger partial charge in [0.15, 0.2) is 17.2 Å². The Balaban J connectivity index is 1.63. The number of H-pyrrole nitrogens is 2. The number of thiophene rings is 1. The van der Waals surface area contributed by atoms with Gasteiger partial charge in [-0.1, -0.05) is 31.4 Å². The van der Waals surface area contributed by atoms with Gasteiger partial charge in [0, 0.05) is 21.5 Å². The minimum absolute atomic E-state index is 0.628. The second-order valence-electron chi connectivity index (χ2n) is 8.04. The number of imidazole rings is 1. The van der Waals surface area contributed by atoms with Crippen molar-refractivity contribution < 1.29 is 0 Å².